The molecule has 0 radical (unpaired) electrons. The Balaban J connectivity index is 1.81. The molecular weight excluding hydrogens is 290 g/mol. The zero-order valence-corrected chi connectivity index (χ0v) is 13.6. The minimum absolute atomic E-state index is 0.0433. The standard InChI is InChI=1S/C18H23N3O2/c1-14-5-3-6-15(11-14)12-18(22)21-16-7-8-17(20-13-16)19-9-4-10-23-2/h3,5-8,11,13H,4,9-10,12H2,1-2H3,(H,19,20)(H,21,22). The number of pyridine rings is 1. The molecule has 23 heavy (non-hydrogen) atoms. The van der Waals surface area contributed by atoms with Crippen molar-refractivity contribution in [3.05, 3.63) is 53.7 Å². The highest BCUT2D eigenvalue weighted by Gasteiger charge is 2.05. The first kappa shape index (κ1) is 17.0. The normalized spacial score (nSPS) is 10.3. The number of hydrogen-bond acceptors (Lipinski definition) is 4. The molecule has 0 bridgehead atoms. The van der Waals surface area contributed by atoms with Crippen LogP contribution in [0.2, 0.25) is 0 Å². The number of benzene rings is 1. The van der Waals surface area contributed by atoms with Gasteiger partial charge in [0.15, 0.2) is 0 Å². The van der Waals surface area contributed by atoms with Crippen LogP contribution in [0.1, 0.15) is 17.5 Å². The third-order valence-electron chi connectivity index (χ3n) is 3.33. The molecule has 0 aliphatic carbocycles. The summed E-state index contributed by atoms with van der Waals surface area (Å²) in [5.41, 5.74) is 2.86. The number of anilines is 2. The Kier molecular flexibility index (Phi) is 6.56. The van der Waals surface area contributed by atoms with E-state index < -0.39 is 0 Å². The Morgan fingerprint density at radius 3 is 2.83 bits per heavy atom. The van der Waals surface area contributed by atoms with Gasteiger partial charge < -0.3 is 15.4 Å². The number of carbonyl (C=O) groups is 1. The van der Waals surface area contributed by atoms with E-state index in [1.165, 1.54) is 0 Å². The molecule has 5 nitrogen and oxygen atoms in total. The van der Waals surface area contributed by atoms with Gasteiger partial charge in [-0.05, 0) is 31.0 Å². The van der Waals surface area contributed by atoms with Crippen LogP contribution in [0.3, 0.4) is 0 Å². The van der Waals surface area contributed by atoms with Gasteiger partial charge in [0.25, 0.3) is 0 Å². The van der Waals surface area contributed by atoms with E-state index in [1.807, 2.05) is 43.3 Å². The summed E-state index contributed by atoms with van der Waals surface area (Å²) in [6.07, 6.45) is 2.94. The summed E-state index contributed by atoms with van der Waals surface area (Å²) in [4.78, 5) is 16.3. The fraction of sp³-hybridized carbons (Fsp3) is 0.333. The van der Waals surface area contributed by atoms with E-state index in [2.05, 4.69) is 15.6 Å². The van der Waals surface area contributed by atoms with Gasteiger partial charge >= 0.3 is 0 Å². The largest absolute Gasteiger partial charge is 0.385 e. The molecule has 5 heteroatoms. The van der Waals surface area contributed by atoms with Crippen molar-refractivity contribution in [2.45, 2.75) is 19.8 Å². The third kappa shape index (κ3) is 6.08. The lowest BCUT2D eigenvalue weighted by Crippen LogP contribution is -2.14. The van der Waals surface area contributed by atoms with Crippen molar-refractivity contribution in [1.29, 1.82) is 0 Å². The number of aromatic nitrogens is 1. The van der Waals surface area contributed by atoms with Gasteiger partial charge in [0.2, 0.25) is 5.91 Å². The van der Waals surface area contributed by atoms with Crippen molar-refractivity contribution in [3.8, 4) is 0 Å². The minimum Gasteiger partial charge on any atom is -0.385 e. The third-order valence-corrected chi connectivity index (χ3v) is 3.33. The van der Waals surface area contributed by atoms with Crippen LogP contribution in [0.15, 0.2) is 42.6 Å². The van der Waals surface area contributed by atoms with Gasteiger partial charge in [0.05, 0.1) is 18.3 Å². The van der Waals surface area contributed by atoms with Gasteiger partial charge in [0.1, 0.15) is 5.82 Å². The lowest BCUT2D eigenvalue weighted by molar-refractivity contribution is -0.115. The number of nitrogens with zero attached hydrogens (tertiary/aromatic N) is 1. The monoisotopic (exact) mass is 313 g/mol. The predicted octanol–water partition coefficient (Wildman–Crippen LogP) is 3.02. The molecule has 0 saturated carbocycles. The number of hydrogen-bond donors (Lipinski definition) is 2. The summed E-state index contributed by atoms with van der Waals surface area (Å²) in [5, 5.41) is 6.07. The number of nitrogens with one attached hydrogen (secondary N) is 2. The van der Waals surface area contributed by atoms with Crippen molar-refractivity contribution < 1.29 is 9.53 Å². The summed E-state index contributed by atoms with van der Waals surface area (Å²) < 4.78 is 4.99. The Bertz CT molecular complexity index is 626. The van der Waals surface area contributed by atoms with Crippen molar-refractivity contribution in [2.24, 2.45) is 0 Å². The lowest BCUT2D eigenvalue weighted by Gasteiger charge is -2.08. The first-order valence-electron chi connectivity index (χ1n) is 7.71. The second kappa shape index (κ2) is 8.90. The molecule has 2 aromatic rings. The predicted molar refractivity (Wildman–Crippen MR) is 92.7 cm³/mol. The molecule has 1 heterocycles. The van der Waals surface area contributed by atoms with Crippen LogP contribution in [0.25, 0.3) is 0 Å². The SMILES string of the molecule is COCCCNc1ccc(NC(=O)Cc2cccc(C)c2)cn1. The zero-order valence-electron chi connectivity index (χ0n) is 13.6. The van der Waals surface area contributed by atoms with Crippen LogP contribution in [-0.2, 0) is 16.0 Å². The molecule has 0 atom stereocenters. The van der Waals surface area contributed by atoms with Crippen molar-refractivity contribution >= 4 is 17.4 Å². The minimum atomic E-state index is -0.0433. The second-order valence-corrected chi connectivity index (χ2v) is 5.42. The molecule has 2 rings (SSSR count). The van der Waals surface area contributed by atoms with Gasteiger partial charge in [-0.2, -0.15) is 0 Å². The first-order valence-corrected chi connectivity index (χ1v) is 7.71. The molecule has 122 valence electrons. The molecule has 0 aliphatic rings. The van der Waals surface area contributed by atoms with Crippen LogP contribution in [0, 0.1) is 6.92 Å². The van der Waals surface area contributed by atoms with Crippen LogP contribution in [0.5, 0.6) is 0 Å². The molecule has 0 saturated heterocycles. The summed E-state index contributed by atoms with van der Waals surface area (Å²) in [6.45, 7) is 3.55. The molecule has 1 aromatic heterocycles. The van der Waals surface area contributed by atoms with Crippen LogP contribution in [0.4, 0.5) is 11.5 Å². The summed E-state index contributed by atoms with van der Waals surface area (Å²) in [5.74, 6) is 0.746. The van der Waals surface area contributed by atoms with E-state index in [0.29, 0.717) is 12.1 Å². The molecule has 1 aromatic carbocycles. The van der Waals surface area contributed by atoms with E-state index in [1.54, 1.807) is 13.3 Å². The number of ether oxygens (including phenoxy) is 1. The maximum atomic E-state index is 12.1. The molecule has 0 unspecified atom stereocenters. The fourth-order valence-electron chi connectivity index (χ4n) is 2.22. The van der Waals surface area contributed by atoms with Crippen molar-refractivity contribution in [3.63, 3.8) is 0 Å². The first-order chi connectivity index (χ1) is 11.2. The van der Waals surface area contributed by atoms with Crippen LogP contribution in [-0.4, -0.2) is 31.2 Å². The maximum absolute atomic E-state index is 12.1. The highest BCUT2D eigenvalue weighted by Crippen LogP contribution is 2.11. The average Bonchev–Trinajstić information content (AvgIpc) is 2.53. The van der Waals surface area contributed by atoms with E-state index in [-0.39, 0.29) is 5.91 Å². The summed E-state index contributed by atoms with van der Waals surface area (Å²) >= 11 is 0. The number of rotatable bonds is 8. The Hall–Kier alpha value is -2.40. The van der Waals surface area contributed by atoms with Gasteiger partial charge in [-0.3, -0.25) is 4.79 Å². The average molecular weight is 313 g/mol. The van der Waals surface area contributed by atoms with Crippen molar-refractivity contribution in [2.75, 3.05) is 30.9 Å². The lowest BCUT2D eigenvalue weighted by atomic mass is 10.1. The Morgan fingerprint density at radius 2 is 2.13 bits per heavy atom. The molecule has 0 spiro atoms. The van der Waals surface area contributed by atoms with E-state index in [4.69, 9.17) is 4.74 Å². The van der Waals surface area contributed by atoms with Gasteiger partial charge in [0, 0.05) is 20.3 Å². The number of aryl methyl sites for hydroxylation is 1. The summed E-state index contributed by atoms with van der Waals surface area (Å²) in [6, 6.07) is 11.7. The van der Waals surface area contributed by atoms with Crippen LogP contribution >= 0.6 is 0 Å². The second-order valence-electron chi connectivity index (χ2n) is 5.42. The van der Waals surface area contributed by atoms with Gasteiger partial charge in [-0.15, -0.1) is 0 Å². The Morgan fingerprint density at radius 1 is 1.26 bits per heavy atom. The molecular formula is C18H23N3O2. The zero-order chi connectivity index (χ0) is 16.5. The maximum Gasteiger partial charge on any atom is 0.228 e. The number of methoxy groups -OCH3 is 1. The Labute approximate surface area is 137 Å². The van der Waals surface area contributed by atoms with Crippen molar-refractivity contribution in [1.82, 2.24) is 4.98 Å². The van der Waals surface area contributed by atoms with Gasteiger partial charge in [-0.25, -0.2) is 4.98 Å². The molecule has 2 N–H and O–H groups in total. The highest BCUT2D eigenvalue weighted by molar-refractivity contribution is 5.92. The molecule has 1 amide bonds. The van der Waals surface area contributed by atoms with E-state index in [0.717, 1.165) is 36.5 Å². The van der Waals surface area contributed by atoms with E-state index >= 15 is 0 Å². The smallest absolute Gasteiger partial charge is 0.228 e. The quantitative estimate of drug-likeness (QED) is 0.735. The number of amides is 1. The number of carbonyl (C=O) groups excluding carboxylic acids is 1. The summed E-state index contributed by atoms with van der Waals surface area (Å²) in [7, 11) is 1.69. The van der Waals surface area contributed by atoms with E-state index in [9.17, 15) is 4.79 Å². The fourth-order valence-corrected chi connectivity index (χ4v) is 2.22. The van der Waals surface area contributed by atoms with Gasteiger partial charge in [-0.1, -0.05) is 29.8 Å². The molecule has 0 aliphatic heterocycles. The van der Waals surface area contributed by atoms with Crippen LogP contribution < -0.4 is 10.6 Å². The topological polar surface area (TPSA) is 63.2 Å². The molecule has 0 fully saturated rings. The highest BCUT2D eigenvalue weighted by atomic mass is 16.5.